The van der Waals surface area contributed by atoms with Crippen LogP contribution in [0.2, 0.25) is 0 Å². The van der Waals surface area contributed by atoms with E-state index in [-0.39, 0.29) is 36.5 Å². The Morgan fingerprint density at radius 3 is 2.57 bits per heavy atom. The van der Waals surface area contributed by atoms with Gasteiger partial charge in [-0.05, 0) is 41.3 Å². The number of hydrogen-bond acceptors (Lipinski definition) is 3. The van der Waals surface area contributed by atoms with Crippen LogP contribution in [0.1, 0.15) is 37.0 Å². The number of hydrogen-bond donors (Lipinski definition) is 3. The average Bonchev–Trinajstić information content (AvgIpc) is 2.53. The van der Waals surface area contributed by atoms with Crippen molar-refractivity contribution in [2.75, 3.05) is 11.9 Å². The summed E-state index contributed by atoms with van der Waals surface area (Å²) in [5.74, 6) is 0.738. The standard InChI is InChI=1S/C17H22N4O.HI/c1-12(2)14-4-3-5-15(10-14)21-17(18)20-11-16(22)13-6-8-19-9-7-13;/h3-10,12,16,22H,11H2,1-2H3,(H3,18,20,21);1H. The van der Waals surface area contributed by atoms with E-state index in [0.717, 1.165) is 11.3 Å². The lowest BCUT2D eigenvalue weighted by Crippen LogP contribution is -2.23. The van der Waals surface area contributed by atoms with Crippen LogP contribution >= 0.6 is 24.0 Å². The number of nitrogens with zero attached hydrogens (tertiary/aromatic N) is 2. The molecule has 1 heterocycles. The lowest BCUT2D eigenvalue weighted by atomic mass is 10.0. The van der Waals surface area contributed by atoms with Gasteiger partial charge in [-0.25, -0.2) is 0 Å². The van der Waals surface area contributed by atoms with E-state index < -0.39 is 6.10 Å². The van der Waals surface area contributed by atoms with E-state index in [0.29, 0.717) is 5.92 Å². The van der Waals surface area contributed by atoms with Crippen molar-refractivity contribution < 1.29 is 5.11 Å². The molecule has 2 aromatic rings. The zero-order valence-corrected chi connectivity index (χ0v) is 15.6. The molecule has 1 aromatic carbocycles. The number of aliphatic hydroxyl groups excluding tert-OH is 1. The third-order valence-corrected chi connectivity index (χ3v) is 3.35. The Labute approximate surface area is 154 Å². The van der Waals surface area contributed by atoms with Crippen LogP contribution in [0.5, 0.6) is 0 Å². The molecule has 5 nitrogen and oxygen atoms in total. The van der Waals surface area contributed by atoms with Crippen LogP contribution in [0.3, 0.4) is 0 Å². The number of aliphatic hydroxyl groups is 1. The quantitative estimate of drug-likeness (QED) is 0.389. The van der Waals surface area contributed by atoms with Gasteiger partial charge >= 0.3 is 0 Å². The predicted molar refractivity (Wildman–Crippen MR) is 105 cm³/mol. The Balaban J connectivity index is 0.00000264. The summed E-state index contributed by atoms with van der Waals surface area (Å²) >= 11 is 0. The summed E-state index contributed by atoms with van der Waals surface area (Å²) in [6.07, 6.45) is 2.59. The summed E-state index contributed by atoms with van der Waals surface area (Å²) in [5, 5.41) is 13.1. The van der Waals surface area contributed by atoms with Crippen molar-refractivity contribution in [3.05, 3.63) is 59.9 Å². The van der Waals surface area contributed by atoms with Crippen LogP contribution in [-0.4, -0.2) is 22.6 Å². The second-order valence-corrected chi connectivity index (χ2v) is 5.43. The Hall–Kier alpha value is -1.67. The normalized spacial score (nSPS) is 12.6. The number of aliphatic imine (C=N–C) groups is 1. The number of pyridine rings is 1. The number of nitrogens with two attached hydrogens (primary N) is 1. The molecule has 0 aliphatic carbocycles. The van der Waals surface area contributed by atoms with Crippen molar-refractivity contribution in [3.8, 4) is 0 Å². The second kappa shape index (κ2) is 9.46. The van der Waals surface area contributed by atoms with E-state index in [2.05, 4.69) is 35.2 Å². The first-order valence-electron chi connectivity index (χ1n) is 7.31. The molecule has 0 saturated carbocycles. The molecule has 4 N–H and O–H groups in total. The minimum absolute atomic E-state index is 0. The maximum absolute atomic E-state index is 10.0. The zero-order valence-electron chi connectivity index (χ0n) is 13.3. The third kappa shape index (κ3) is 6.15. The predicted octanol–water partition coefficient (Wildman–Crippen LogP) is 3.28. The van der Waals surface area contributed by atoms with Gasteiger partial charge in [0.25, 0.3) is 0 Å². The van der Waals surface area contributed by atoms with Gasteiger partial charge in [0.1, 0.15) is 0 Å². The van der Waals surface area contributed by atoms with Gasteiger partial charge in [-0.15, -0.1) is 24.0 Å². The van der Waals surface area contributed by atoms with Crippen molar-refractivity contribution in [1.82, 2.24) is 4.98 Å². The van der Waals surface area contributed by atoms with Crippen LogP contribution in [0.25, 0.3) is 0 Å². The summed E-state index contributed by atoms with van der Waals surface area (Å²) in [5.41, 5.74) is 8.77. The summed E-state index contributed by atoms with van der Waals surface area (Å²) < 4.78 is 0. The van der Waals surface area contributed by atoms with Gasteiger partial charge in [-0.1, -0.05) is 26.0 Å². The molecule has 0 spiro atoms. The van der Waals surface area contributed by atoms with E-state index >= 15 is 0 Å². The summed E-state index contributed by atoms with van der Waals surface area (Å²) in [6, 6.07) is 11.6. The smallest absolute Gasteiger partial charge is 0.193 e. The fourth-order valence-corrected chi connectivity index (χ4v) is 2.04. The van der Waals surface area contributed by atoms with E-state index in [1.54, 1.807) is 24.5 Å². The maximum Gasteiger partial charge on any atom is 0.193 e. The summed E-state index contributed by atoms with van der Waals surface area (Å²) in [7, 11) is 0. The molecule has 2 rings (SSSR count). The molecule has 0 aliphatic rings. The number of aromatic nitrogens is 1. The van der Waals surface area contributed by atoms with Gasteiger partial charge in [0.15, 0.2) is 5.96 Å². The van der Waals surface area contributed by atoms with Crippen molar-refractivity contribution in [2.45, 2.75) is 25.9 Å². The Morgan fingerprint density at radius 2 is 1.91 bits per heavy atom. The van der Waals surface area contributed by atoms with E-state index in [9.17, 15) is 5.11 Å². The summed E-state index contributed by atoms with van der Waals surface area (Å²) in [6.45, 7) is 4.48. The molecule has 0 saturated heterocycles. The minimum atomic E-state index is -0.689. The molecule has 0 radical (unpaired) electrons. The molecule has 1 atom stereocenters. The van der Waals surface area contributed by atoms with Crippen LogP contribution < -0.4 is 11.1 Å². The first-order chi connectivity index (χ1) is 10.6. The molecule has 0 fully saturated rings. The largest absolute Gasteiger partial charge is 0.386 e. The highest BCUT2D eigenvalue weighted by Gasteiger charge is 2.06. The average molecular weight is 426 g/mol. The Bertz CT molecular complexity index is 632. The van der Waals surface area contributed by atoms with Gasteiger partial charge < -0.3 is 16.2 Å². The van der Waals surface area contributed by atoms with Gasteiger partial charge in [-0.2, -0.15) is 0 Å². The molecule has 0 bridgehead atoms. The van der Waals surface area contributed by atoms with Crippen LogP contribution in [0, 0.1) is 0 Å². The Kier molecular flexibility index (Phi) is 7.97. The third-order valence-electron chi connectivity index (χ3n) is 3.35. The van der Waals surface area contributed by atoms with Crippen LogP contribution in [-0.2, 0) is 0 Å². The Morgan fingerprint density at radius 1 is 1.22 bits per heavy atom. The number of benzene rings is 1. The highest BCUT2D eigenvalue weighted by molar-refractivity contribution is 14.0. The molecule has 0 aliphatic heterocycles. The first kappa shape index (κ1) is 19.4. The molecule has 0 amide bonds. The molecule has 1 unspecified atom stereocenters. The first-order valence-corrected chi connectivity index (χ1v) is 7.31. The van der Waals surface area contributed by atoms with Crippen LogP contribution in [0.4, 0.5) is 5.69 Å². The van der Waals surface area contributed by atoms with Gasteiger partial charge in [0.05, 0.1) is 12.6 Å². The highest BCUT2D eigenvalue weighted by Crippen LogP contribution is 2.18. The lowest BCUT2D eigenvalue weighted by Gasteiger charge is -2.11. The topological polar surface area (TPSA) is 83.5 Å². The number of guanidine groups is 1. The minimum Gasteiger partial charge on any atom is -0.386 e. The van der Waals surface area contributed by atoms with E-state index in [4.69, 9.17) is 5.73 Å². The molecular weight excluding hydrogens is 403 g/mol. The number of rotatable bonds is 5. The van der Waals surface area contributed by atoms with Gasteiger partial charge in [-0.3, -0.25) is 9.98 Å². The lowest BCUT2D eigenvalue weighted by molar-refractivity contribution is 0.187. The zero-order chi connectivity index (χ0) is 15.9. The van der Waals surface area contributed by atoms with E-state index in [1.807, 2.05) is 18.2 Å². The SMILES string of the molecule is CC(C)c1cccc(NC(N)=NCC(O)c2ccncc2)c1.I. The van der Waals surface area contributed by atoms with Crippen molar-refractivity contribution in [3.63, 3.8) is 0 Å². The number of halogens is 1. The maximum atomic E-state index is 10.0. The van der Waals surface area contributed by atoms with E-state index in [1.165, 1.54) is 5.56 Å². The van der Waals surface area contributed by atoms with Gasteiger partial charge in [0, 0.05) is 18.1 Å². The van der Waals surface area contributed by atoms with Gasteiger partial charge in [0.2, 0.25) is 0 Å². The molecule has 124 valence electrons. The second-order valence-electron chi connectivity index (χ2n) is 5.43. The number of anilines is 1. The molecular formula is C17H23IN4O. The van der Waals surface area contributed by atoms with Crippen LogP contribution in [0.15, 0.2) is 53.8 Å². The fraction of sp³-hybridized carbons (Fsp3) is 0.294. The molecule has 1 aromatic heterocycles. The summed E-state index contributed by atoms with van der Waals surface area (Å²) in [4.78, 5) is 8.10. The van der Waals surface area contributed by atoms with Crippen molar-refractivity contribution >= 4 is 35.6 Å². The highest BCUT2D eigenvalue weighted by atomic mass is 127. The fourth-order valence-electron chi connectivity index (χ4n) is 2.04. The molecule has 6 heteroatoms. The molecule has 23 heavy (non-hydrogen) atoms. The van der Waals surface area contributed by atoms with Crippen molar-refractivity contribution in [1.29, 1.82) is 0 Å². The van der Waals surface area contributed by atoms with Crippen molar-refractivity contribution in [2.24, 2.45) is 10.7 Å². The monoisotopic (exact) mass is 426 g/mol. The number of nitrogens with one attached hydrogen (secondary N) is 1.